The van der Waals surface area contributed by atoms with Gasteiger partial charge in [-0.25, -0.2) is 9.98 Å². The zero-order valence-electron chi connectivity index (χ0n) is 19.1. The van der Waals surface area contributed by atoms with Crippen LogP contribution in [-0.4, -0.2) is 36.4 Å². The number of hydrogen-bond donors (Lipinski definition) is 0. The summed E-state index contributed by atoms with van der Waals surface area (Å²) in [6, 6.07) is 22.6. The number of ether oxygens (including phenoxy) is 1. The highest BCUT2D eigenvalue weighted by Crippen LogP contribution is 2.38. The van der Waals surface area contributed by atoms with Gasteiger partial charge in [-0.3, -0.25) is 0 Å². The zero-order chi connectivity index (χ0) is 22.1. The molecule has 4 heteroatoms. The van der Waals surface area contributed by atoms with E-state index < -0.39 is 0 Å². The van der Waals surface area contributed by atoms with Crippen molar-refractivity contribution in [2.45, 2.75) is 33.6 Å². The van der Waals surface area contributed by atoms with Crippen molar-refractivity contribution in [3.63, 3.8) is 0 Å². The molecule has 0 saturated carbocycles. The Morgan fingerprint density at radius 2 is 1.65 bits per heavy atom. The van der Waals surface area contributed by atoms with Gasteiger partial charge in [0, 0.05) is 24.7 Å². The van der Waals surface area contributed by atoms with Gasteiger partial charge in [-0.1, -0.05) is 74.5 Å². The highest BCUT2D eigenvalue weighted by Gasteiger charge is 2.16. The Morgan fingerprint density at radius 1 is 1.00 bits per heavy atom. The number of benzene rings is 2. The minimum absolute atomic E-state index is 0.653. The summed E-state index contributed by atoms with van der Waals surface area (Å²) in [6.07, 6.45) is 4.01. The Kier molecular flexibility index (Phi) is 8.22. The van der Waals surface area contributed by atoms with Crippen molar-refractivity contribution in [3.05, 3.63) is 66.7 Å². The molecule has 0 amide bonds. The minimum atomic E-state index is 0.653. The first-order valence-corrected chi connectivity index (χ1v) is 11.1. The van der Waals surface area contributed by atoms with Crippen LogP contribution in [0.2, 0.25) is 0 Å². The molecule has 0 aliphatic carbocycles. The lowest BCUT2D eigenvalue weighted by atomic mass is 10.0. The van der Waals surface area contributed by atoms with E-state index in [0.29, 0.717) is 18.4 Å². The van der Waals surface area contributed by atoms with Crippen LogP contribution in [0.15, 0.2) is 71.7 Å². The van der Waals surface area contributed by atoms with Crippen LogP contribution >= 0.6 is 0 Å². The van der Waals surface area contributed by atoms with Gasteiger partial charge in [-0.2, -0.15) is 0 Å². The van der Waals surface area contributed by atoms with Gasteiger partial charge in [0.05, 0.1) is 18.6 Å². The highest BCUT2D eigenvalue weighted by atomic mass is 16.5. The first kappa shape index (κ1) is 22.5. The second kappa shape index (κ2) is 11.3. The third-order valence-electron chi connectivity index (χ3n) is 5.16. The molecule has 162 valence electrons. The number of hydrogen-bond acceptors (Lipinski definition) is 3. The van der Waals surface area contributed by atoms with Crippen LogP contribution in [-0.2, 0) is 0 Å². The fraction of sp³-hybridized carbons (Fsp3) is 0.333. The fourth-order valence-electron chi connectivity index (χ4n) is 3.23. The van der Waals surface area contributed by atoms with Crippen molar-refractivity contribution in [2.24, 2.45) is 10.9 Å². The Balaban J connectivity index is 2.07. The van der Waals surface area contributed by atoms with Gasteiger partial charge >= 0.3 is 0 Å². The van der Waals surface area contributed by atoms with Crippen molar-refractivity contribution in [3.8, 4) is 28.3 Å². The third-order valence-corrected chi connectivity index (χ3v) is 5.16. The summed E-state index contributed by atoms with van der Waals surface area (Å²) in [7, 11) is 2.02. The third kappa shape index (κ3) is 6.42. The molecule has 3 rings (SSSR count). The second-order valence-electron chi connectivity index (χ2n) is 8.14. The van der Waals surface area contributed by atoms with Crippen molar-refractivity contribution >= 4 is 12.0 Å². The summed E-state index contributed by atoms with van der Waals surface area (Å²) in [6.45, 7) is 8.12. The molecule has 31 heavy (non-hydrogen) atoms. The highest BCUT2D eigenvalue weighted by molar-refractivity contribution is 5.82. The number of aliphatic imine (C=N–C) groups is 1. The summed E-state index contributed by atoms with van der Waals surface area (Å²) in [5, 5.41) is 0. The maximum absolute atomic E-state index is 6.23. The predicted octanol–water partition coefficient (Wildman–Crippen LogP) is 6.84. The van der Waals surface area contributed by atoms with E-state index >= 15 is 0 Å². The molecule has 3 aromatic rings. The number of aromatic nitrogens is 1. The average molecular weight is 416 g/mol. The van der Waals surface area contributed by atoms with E-state index in [9.17, 15) is 0 Å². The summed E-state index contributed by atoms with van der Waals surface area (Å²) in [5.74, 6) is 1.33. The van der Waals surface area contributed by atoms with Crippen LogP contribution in [0.5, 0.6) is 5.88 Å². The molecule has 2 aromatic carbocycles. The van der Waals surface area contributed by atoms with Gasteiger partial charge in [-0.15, -0.1) is 0 Å². The van der Waals surface area contributed by atoms with E-state index in [4.69, 9.17) is 14.7 Å². The fourth-order valence-corrected chi connectivity index (χ4v) is 3.23. The standard InChI is InChI=1S/C27H33N3O/c1-5-30(4)20-28-25-19-24(22-14-8-6-9-15-22)27(31-18-12-13-21(2)3)29-26(25)23-16-10-7-11-17-23/h6-11,14-17,19-21H,5,12-13,18H2,1-4H3/b28-20+. The summed E-state index contributed by atoms with van der Waals surface area (Å²) < 4.78 is 6.23. The normalized spacial score (nSPS) is 11.3. The maximum atomic E-state index is 6.23. The number of pyridine rings is 1. The molecule has 0 aliphatic heterocycles. The maximum Gasteiger partial charge on any atom is 0.222 e. The average Bonchev–Trinajstić information content (AvgIpc) is 2.81. The largest absolute Gasteiger partial charge is 0.477 e. The first-order valence-electron chi connectivity index (χ1n) is 11.1. The van der Waals surface area contributed by atoms with Crippen LogP contribution in [0.4, 0.5) is 5.69 Å². The Morgan fingerprint density at radius 3 is 2.26 bits per heavy atom. The first-order chi connectivity index (χ1) is 15.1. The van der Waals surface area contributed by atoms with Crippen LogP contribution in [0.1, 0.15) is 33.6 Å². The monoisotopic (exact) mass is 415 g/mol. The molecule has 0 saturated heterocycles. The molecule has 0 spiro atoms. The van der Waals surface area contributed by atoms with Crippen molar-refractivity contribution in [1.29, 1.82) is 0 Å². The van der Waals surface area contributed by atoms with Gasteiger partial charge in [0.25, 0.3) is 0 Å². The van der Waals surface area contributed by atoms with Crippen LogP contribution < -0.4 is 4.74 Å². The molecule has 0 unspecified atom stereocenters. The van der Waals surface area contributed by atoms with Gasteiger partial charge in [-0.05, 0) is 37.3 Å². The van der Waals surface area contributed by atoms with E-state index in [1.54, 1.807) is 0 Å². The smallest absolute Gasteiger partial charge is 0.222 e. The van der Waals surface area contributed by atoms with E-state index in [2.05, 4.69) is 51.1 Å². The van der Waals surface area contributed by atoms with Gasteiger partial charge < -0.3 is 9.64 Å². The summed E-state index contributed by atoms with van der Waals surface area (Å²) in [5.41, 5.74) is 4.74. The Labute approximate surface area is 186 Å². The molecule has 0 radical (unpaired) electrons. The number of rotatable bonds is 10. The molecule has 0 bridgehead atoms. The molecule has 0 aliphatic rings. The molecular formula is C27H33N3O. The van der Waals surface area contributed by atoms with Gasteiger partial charge in [0.15, 0.2) is 0 Å². The van der Waals surface area contributed by atoms with Gasteiger partial charge in [0.1, 0.15) is 5.69 Å². The molecule has 1 aromatic heterocycles. The Bertz CT molecular complexity index is 969. The summed E-state index contributed by atoms with van der Waals surface area (Å²) in [4.78, 5) is 11.8. The van der Waals surface area contributed by atoms with E-state index in [1.807, 2.05) is 54.7 Å². The quantitative estimate of drug-likeness (QED) is 0.207. The van der Waals surface area contributed by atoms with Crippen LogP contribution in [0.25, 0.3) is 22.4 Å². The minimum Gasteiger partial charge on any atom is -0.477 e. The predicted molar refractivity (Wildman–Crippen MR) is 131 cm³/mol. The molecule has 4 nitrogen and oxygen atoms in total. The molecule has 0 atom stereocenters. The SMILES string of the molecule is CCN(C)/C=N/c1cc(-c2ccccc2)c(OCCCC(C)C)nc1-c1ccccc1. The zero-order valence-corrected chi connectivity index (χ0v) is 19.1. The topological polar surface area (TPSA) is 37.7 Å². The molecule has 1 heterocycles. The van der Waals surface area contributed by atoms with Crippen LogP contribution in [0.3, 0.4) is 0 Å². The second-order valence-corrected chi connectivity index (χ2v) is 8.14. The van der Waals surface area contributed by atoms with E-state index in [1.165, 1.54) is 0 Å². The lowest BCUT2D eigenvalue weighted by molar-refractivity contribution is 0.289. The van der Waals surface area contributed by atoms with Crippen molar-refractivity contribution in [2.75, 3.05) is 20.2 Å². The van der Waals surface area contributed by atoms with E-state index in [0.717, 1.165) is 47.5 Å². The number of nitrogens with zero attached hydrogens (tertiary/aromatic N) is 3. The van der Waals surface area contributed by atoms with Crippen molar-refractivity contribution < 1.29 is 4.74 Å². The molecular weight excluding hydrogens is 382 g/mol. The van der Waals surface area contributed by atoms with Crippen LogP contribution in [0, 0.1) is 5.92 Å². The molecule has 0 N–H and O–H groups in total. The van der Waals surface area contributed by atoms with Gasteiger partial charge in [0.2, 0.25) is 5.88 Å². The van der Waals surface area contributed by atoms with Crippen molar-refractivity contribution in [1.82, 2.24) is 9.88 Å². The molecule has 0 fully saturated rings. The summed E-state index contributed by atoms with van der Waals surface area (Å²) >= 11 is 0. The lowest BCUT2D eigenvalue weighted by Gasteiger charge is -2.16. The Hall–Kier alpha value is -3.14. The van der Waals surface area contributed by atoms with E-state index in [-0.39, 0.29) is 0 Å². The lowest BCUT2D eigenvalue weighted by Crippen LogP contribution is -2.14.